The molecular weight excluding hydrogens is 286 g/mol. The smallest absolute Gasteiger partial charge is 0.337 e. The maximum Gasteiger partial charge on any atom is 0.337 e. The van der Waals surface area contributed by atoms with Crippen molar-refractivity contribution in [1.82, 2.24) is 15.0 Å². The van der Waals surface area contributed by atoms with Crippen molar-refractivity contribution in [3.8, 4) is 0 Å². The highest BCUT2D eigenvalue weighted by atomic mass is 32.2. The zero-order valence-corrected chi connectivity index (χ0v) is 12.0. The fourth-order valence-corrected chi connectivity index (χ4v) is 2.72. The molecular formula is C15H11N3O2S. The summed E-state index contributed by atoms with van der Waals surface area (Å²) in [4.78, 5) is 24.0. The van der Waals surface area contributed by atoms with E-state index in [1.807, 2.05) is 25.1 Å². The van der Waals surface area contributed by atoms with E-state index in [2.05, 4.69) is 15.0 Å². The summed E-state index contributed by atoms with van der Waals surface area (Å²) >= 11 is 1.32. The number of benzene rings is 1. The molecule has 0 aliphatic carbocycles. The summed E-state index contributed by atoms with van der Waals surface area (Å²) in [5, 5.41) is 11.9. The molecule has 0 amide bonds. The molecule has 2 heterocycles. The summed E-state index contributed by atoms with van der Waals surface area (Å²) in [6.07, 6.45) is 4.85. The van der Waals surface area contributed by atoms with E-state index in [1.165, 1.54) is 18.0 Å². The van der Waals surface area contributed by atoms with E-state index in [4.69, 9.17) is 0 Å². The van der Waals surface area contributed by atoms with Crippen LogP contribution in [0.3, 0.4) is 0 Å². The fourth-order valence-electron chi connectivity index (χ4n) is 1.94. The van der Waals surface area contributed by atoms with Crippen molar-refractivity contribution in [2.45, 2.75) is 17.1 Å². The molecule has 0 saturated heterocycles. The highest BCUT2D eigenvalue weighted by Gasteiger charge is 2.13. The number of hydrogen-bond acceptors (Lipinski definition) is 5. The van der Waals surface area contributed by atoms with Crippen LogP contribution in [0.25, 0.3) is 10.8 Å². The molecule has 3 aromatic rings. The number of aryl methyl sites for hydroxylation is 1. The van der Waals surface area contributed by atoms with Gasteiger partial charge in [0.15, 0.2) is 5.16 Å². The third-order valence-electron chi connectivity index (χ3n) is 2.93. The zero-order chi connectivity index (χ0) is 14.8. The summed E-state index contributed by atoms with van der Waals surface area (Å²) < 4.78 is 0. The first-order valence-corrected chi connectivity index (χ1v) is 7.04. The molecule has 0 saturated carbocycles. The number of rotatable bonds is 3. The van der Waals surface area contributed by atoms with Crippen LogP contribution in [-0.2, 0) is 0 Å². The molecule has 5 nitrogen and oxygen atoms in total. The van der Waals surface area contributed by atoms with Crippen molar-refractivity contribution < 1.29 is 9.90 Å². The van der Waals surface area contributed by atoms with Crippen LogP contribution in [0.15, 0.2) is 53.0 Å². The molecule has 104 valence electrons. The van der Waals surface area contributed by atoms with Crippen LogP contribution >= 0.6 is 11.8 Å². The Bertz CT molecular complexity index is 819. The lowest BCUT2D eigenvalue weighted by atomic mass is 10.1. The number of carboxylic acid groups (broad SMARTS) is 1. The van der Waals surface area contributed by atoms with Crippen molar-refractivity contribution in [2.24, 2.45) is 0 Å². The number of aromatic nitrogens is 3. The van der Waals surface area contributed by atoms with Gasteiger partial charge in [0, 0.05) is 29.4 Å². The lowest BCUT2D eigenvalue weighted by Crippen LogP contribution is -2.00. The summed E-state index contributed by atoms with van der Waals surface area (Å²) in [6, 6.07) is 7.30. The van der Waals surface area contributed by atoms with E-state index in [1.54, 1.807) is 18.5 Å². The molecule has 0 spiro atoms. The van der Waals surface area contributed by atoms with Crippen molar-refractivity contribution in [3.63, 3.8) is 0 Å². The van der Waals surface area contributed by atoms with Crippen molar-refractivity contribution in [1.29, 1.82) is 0 Å². The van der Waals surface area contributed by atoms with Crippen LogP contribution in [0.2, 0.25) is 0 Å². The highest BCUT2D eigenvalue weighted by molar-refractivity contribution is 7.99. The predicted octanol–water partition coefficient (Wildman–Crippen LogP) is 3.18. The Balaban J connectivity index is 2.09. The second kappa shape index (κ2) is 5.49. The van der Waals surface area contributed by atoms with Gasteiger partial charge in [0.05, 0.1) is 5.56 Å². The summed E-state index contributed by atoms with van der Waals surface area (Å²) in [7, 11) is 0. The van der Waals surface area contributed by atoms with Gasteiger partial charge in [-0.3, -0.25) is 0 Å². The quantitative estimate of drug-likeness (QED) is 0.748. The van der Waals surface area contributed by atoms with Gasteiger partial charge < -0.3 is 5.11 Å². The number of carbonyl (C=O) groups is 1. The monoisotopic (exact) mass is 297 g/mol. The van der Waals surface area contributed by atoms with E-state index in [0.717, 1.165) is 10.9 Å². The molecule has 0 unspecified atom stereocenters. The number of pyridine rings is 1. The van der Waals surface area contributed by atoms with E-state index in [9.17, 15) is 9.90 Å². The minimum atomic E-state index is -0.984. The van der Waals surface area contributed by atoms with Crippen LogP contribution in [-0.4, -0.2) is 26.0 Å². The normalized spacial score (nSPS) is 10.7. The van der Waals surface area contributed by atoms with Crippen molar-refractivity contribution in [2.75, 3.05) is 0 Å². The maximum atomic E-state index is 11.3. The summed E-state index contributed by atoms with van der Waals surface area (Å²) in [5.74, 6) is -0.984. The first kappa shape index (κ1) is 13.5. The first-order chi connectivity index (χ1) is 10.1. The predicted molar refractivity (Wildman–Crippen MR) is 79.6 cm³/mol. The lowest BCUT2D eigenvalue weighted by molar-refractivity contribution is 0.0698. The van der Waals surface area contributed by atoms with Crippen molar-refractivity contribution in [3.05, 3.63) is 54.0 Å². The van der Waals surface area contributed by atoms with Gasteiger partial charge in [0.1, 0.15) is 5.03 Å². The Morgan fingerprint density at radius 3 is 2.38 bits per heavy atom. The first-order valence-electron chi connectivity index (χ1n) is 6.22. The van der Waals surface area contributed by atoms with Gasteiger partial charge in [-0.15, -0.1) is 0 Å². The number of carboxylic acids is 1. The van der Waals surface area contributed by atoms with Crippen LogP contribution in [0.4, 0.5) is 0 Å². The number of nitrogens with zero attached hydrogens (tertiary/aromatic N) is 3. The molecule has 0 aliphatic heterocycles. The number of fused-ring (bicyclic) bond motifs is 1. The summed E-state index contributed by atoms with van der Waals surface area (Å²) in [5.41, 5.74) is 1.18. The molecule has 1 aromatic carbocycles. The van der Waals surface area contributed by atoms with E-state index in [0.29, 0.717) is 15.6 Å². The van der Waals surface area contributed by atoms with Crippen molar-refractivity contribution >= 4 is 28.5 Å². The molecule has 0 atom stereocenters. The summed E-state index contributed by atoms with van der Waals surface area (Å²) in [6.45, 7) is 1.92. The van der Waals surface area contributed by atoms with Gasteiger partial charge in [-0.25, -0.2) is 19.7 Å². The Hall–Kier alpha value is -2.47. The lowest BCUT2D eigenvalue weighted by Gasteiger charge is -2.07. The topological polar surface area (TPSA) is 76.0 Å². The Labute approximate surface area is 125 Å². The molecule has 3 rings (SSSR count). The third kappa shape index (κ3) is 2.71. The van der Waals surface area contributed by atoms with Gasteiger partial charge in [0.25, 0.3) is 0 Å². The average Bonchev–Trinajstić information content (AvgIpc) is 2.49. The Morgan fingerprint density at radius 2 is 1.71 bits per heavy atom. The van der Waals surface area contributed by atoms with Gasteiger partial charge in [-0.1, -0.05) is 24.3 Å². The minimum Gasteiger partial charge on any atom is -0.478 e. The average molecular weight is 297 g/mol. The van der Waals surface area contributed by atoms with E-state index in [-0.39, 0.29) is 5.56 Å². The molecule has 0 radical (unpaired) electrons. The van der Waals surface area contributed by atoms with Crippen LogP contribution in [0, 0.1) is 6.92 Å². The highest BCUT2D eigenvalue weighted by Crippen LogP contribution is 2.31. The molecule has 0 fully saturated rings. The zero-order valence-electron chi connectivity index (χ0n) is 11.1. The van der Waals surface area contributed by atoms with E-state index >= 15 is 0 Å². The Morgan fingerprint density at radius 1 is 1.05 bits per heavy atom. The molecule has 0 aliphatic rings. The molecule has 21 heavy (non-hydrogen) atoms. The number of aromatic carboxylic acids is 1. The fraction of sp³-hybridized carbons (Fsp3) is 0.0667. The molecule has 0 bridgehead atoms. The standard InChI is InChI=1S/C15H11N3O2S/c1-9-6-17-15(18-7-9)21-13-11-5-3-2-4-10(11)12(8-16-13)14(19)20/h2-8H,1H3,(H,19,20). The van der Waals surface area contributed by atoms with Crippen LogP contribution < -0.4 is 0 Å². The van der Waals surface area contributed by atoms with Gasteiger partial charge in [0.2, 0.25) is 0 Å². The third-order valence-corrected chi connectivity index (χ3v) is 3.85. The number of hydrogen-bond donors (Lipinski definition) is 1. The molecule has 2 aromatic heterocycles. The van der Waals surface area contributed by atoms with E-state index < -0.39 is 5.97 Å². The minimum absolute atomic E-state index is 0.194. The second-order valence-corrected chi connectivity index (χ2v) is 5.43. The van der Waals surface area contributed by atoms with Gasteiger partial charge in [-0.2, -0.15) is 0 Å². The van der Waals surface area contributed by atoms with Gasteiger partial charge >= 0.3 is 5.97 Å². The Kier molecular flexibility index (Phi) is 3.53. The maximum absolute atomic E-state index is 11.3. The van der Waals surface area contributed by atoms with Crippen LogP contribution in [0.5, 0.6) is 0 Å². The molecule has 6 heteroatoms. The largest absolute Gasteiger partial charge is 0.478 e. The SMILES string of the molecule is Cc1cnc(Sc2ncc(C(=O)O)c3ccccc23)nc1. The van der Waals surface area contributed by atoms with Crippen LogP contribution in [0.1, 0.15) is 15.9 Å². The second-order valence-electron chi connectivity index (χ2n) is 4.47. The molecule has 1 N–H and O–H groups in total. The van der Waals surface area contributed by atoms with Gasteiger partial charge in [-0.05, 0) is 24.2 Å².